The van der Waals surface area contributed by atoms with Gasteiger partial charge in [0.2, 0.25) is 0 Å². The third-order valence-electron chi connectivity index (χ3n) is 3.02. The van der Waals surface area contributed by atoms with Crippen LogP contribution in [0, 0.1) is 0 Å². The quantitative estimate of drug-likeness (QED) is 0.609. The van der Waals surface area contributed by atoms with Crippen LogP contribution in [-0.4, -0.2) is 21.4 Å². The van der Waals surface area contributed by atoms with Crippen LogP contribution in [0.2, 0.25) is 0 Å². The lowest BCUT2D eigenvalue weighted by atomic mass is 10.2. The van der Waals surface area contributed by atoms with Crippen molar-refractivity contribution in [3.8, 4) is 5.75 Å². The Morgan fingerprint density at radius 3 is 1.95 bits per heavy atom. The van der Waals surface area contributed by atoms with Gasteiger partial charge in [0, 0.05) is 0 Å². The van der Waals surface area contributed by atoms with Crippen LogP contribution in [0.25, 0.3) is 0 Å². The van der Waals surface area contributed by atoms with Gasteiger partial charge in [-0.05, 0) is 36.8 Å². The lowest BCUT2D eigenvalue weighted by Crippen LogP contribution is -2.10. The normalized spacial score (nSPS) is 13.5. The van der Waals surface area contributed by atoms with E-state index in [0.29, 0.717) is 0 Å². The van der Waals surface area contributed by atoms with Crippen molar-refractivity contribution in [1.29, 1.82) is 0 Å². The molecule has 0 aliphatic carbocycles. The molecule has 0 saturated heterocycles. The predicted molar refractivity (Wildman–Crippen MR) is 78.8 cm³/mol. The molecule has 1 atom stereocenters. The highest BCUT2D eigenvalue weighted by atomic mass is 32.2. The smallest absolute Gasteiger partial charge is 0.339 e. The van der Waals surface area contributed by atoms with Crippen LogP contribution in [0.3, 0.4) is 0 Å². The average Bonchev–Trinajstić information content (AvgIpc) is 2.47. The molecule has 2 aromatic carbocycles. The van der Waals surface area contributed by atoms with E-state index in [1.165, 1.54) is 43.3 Å². The largest absolute Gasteiger partial charge is 0.747 e. The molecule has 2 rings (SSSR count). The summed E-state index contributed by atoms with van der Waals surface area (Å²) in [5.41, 5.74) is 0.263. The summed E-state index contributed by atoms with van der Waals surface area (Å²) < 4.78 is 61.8. The fourth-order valence-electron chi connectivity index (χ4n) is 1.72. The Kier molecular flexibility index (Phi) is 4.55. The lowest BCUT2D eigenvalue weighted by Gasteiger charge is -2.16. The van der Waals surface area contributed by atoms with E-state index in [9.17, 15) is 21.4 Å². The highest BCUT2D eigenvalue weighted by molar-refractivity contribution is 7.87. The van der Waals surface area contributed by atoms with Gasteiger partial charge in [-0.15, -0.1) is 0 Å². The van der Waals surface area contributed by atoms with Crippen molar-refractivity contribution in [3.05, 3.63) is 60.2 Å². The Bertz CT molecular complexity index is 840. The first-order chi connectivity index (χ1) is 10.2. The van der Waals surface area contributed by atoms with Crippen LogP contribution >= 0.6 is 0 Å². The van der Waals surface area contributed by atoms with E-state index in [0.717, 1.165) is 0 Å². The number of benzene rings is 2. The maximum atomic E-state index is 12.0. The van der Waals surface area contributed by atoms with Gasteiger partial charge in [0.25, 0.3) is 0 Å². The van der Waals surface area contributed by atoms with Gasteiger partial charge in [-0.25, -0.2) is 8.42 Å². The summed E-state index contributed by atoms with van der Waals surface area (Å²) in [6.45, 7) is 1.26. The molecule has 118 valence electrons. The second kappa shape index (κ2) is 6.07. The maximum absolute atomic E-state index is 12.0. The minimum atomic E-state index is -4.46. The summed E-state index contributed by atoms with van der Waals surface area (Å²) in [5.74, 6) is 0.0306. The van der Waals surface area contributed by atoms with Gasteiger partial charge in [0.15, 0.2) is 0 Å². The van der Waals surface area contributed by atoms with E-state index in [1.54, 1.807) is 18.2 Å². The molecule has 0 saturated carbocycles. The molecule has 0 unspecified atom stereocenters. The van der Waals surface area contributed by atoms with Crippen molar-refractivity contribution in [3.63, 3.8) is 0 Å². The third kappa shape index (κ3) is 3.85. The molecule has 0 heterocycles. The van der Waals surface area contributed by atoms with E-state index < -0.39 is 25.5 Å². The van der Waals surface area contributed by atoms with Crippen LogP contribution in [-0.2, 0) is 20.2 Å². The molecule has 8 heteroatoms. The third-order valence-corrected chi connectivity index (χ3v) is 5.42. The Morgan fingerprint density at radius 1 is 0.909 bits per heavy atom. The molecular formula is C14H13O6S2-. The molecule has 0 aromatic heterocycles. The van der Waals surface area contributed by atoms with E-state index in [2.05, 4.69) is 0 Å². The lowest BCUT2D eigenvalue weighted by molar-refractivity contribution is 0.452. The van der Waals surface area contributed by atoms with E-state index in [1.807, 2.05) is 0 Å². The highest BCUT2D eigenvalue weighted by Gasteiger charge is 2.17. The number of hydrogen-bond acceptors (Lipinski definition) is 6. The fourth-order valence-corrected chi connectivity index (χ4v) is 3.16. The summed E-state index contributed by atoms with van der Waals surface area (Å²) in [6, 6.07) is 12.9. The molecule has 2 aromatic rings. The standard InChI is InChI=1S/C14H14O6S2/c1-11(21(15,16)17)12-7-9-13(10-8-12)20-22(18,19)14-5-3-2-4-6-14/h2-11H,1H3,(H,15,16,17)/p-1/t11-/m0/s1. The minimum absolute atomic E-state index is 0.00887. The second-order valence-electron chi connectivity index (χ2n) is 4.55. The van der Waals surface area contributed by atoms with Gasteiger partial charge >= 0.3 is 10.1 Å². The molecule has 6 nitrogen and oxygen atoms in total. The molecule has 22 heavy (non-hydrogen) atoms. The minimum Gasteiger partial charge on any atom is -0.747 e. The summed E-state index contributed by atoms with van der Waals surface area (Å²) in [4.78, 5) is 0.00887. The zero-order chi connectivity index (χ0) is 16.4. The van der Waals surface area contributed by atoms with E-state index >= 15 is 0 Å². The second-order valence-corrected chi connectivity index (χ2v) is 7.79. The molecule has 0 aliphatic rings. The molecule has 0 bridgehead atoms. The molecule has 0 fully saturated rings. The van der Waals surface area contributed by atoms with E-state index in [-0.39, 0.29) is 16.2 Å². The molecule has 0 amide bonds. The average molecular weight is 341 g/mol. The van der Waals surface area contributed by atoms with Gasteiger partial charge in [-0.2, -0.15) is 8.42 Å². The predicted octanol–water partition coefficient (Wildman–Crippen LogP) is 2.06. The summed E-state index contributed by atoms with van der Waals surface area (Å²) in [6.07, 6.45) is 0. The number of hydrogen-bond donors (Lipinski definition) is 0. The van der Waals surface area contributed by atoms with Gasteiger partial charge in [-0.1, -0.05) is 30.3 Å². The van der Waals surface area contributed by atoms with Crippen molar-refractivity contribution in [2.24, 2.45) is 0 Å². The van der Waals surface area contributed by atoms with Crippen LogP contribution in [0.1, 0.15) is 17.7 Å². The Hall–Kier alpha value is -1.90. The van der Waals surface area contributed by atoms with Crippen molar-refractivity contribution in [2.45, 2.75) is 17.1 Å². The molecule has 0 N–H and O–H groups in total. The van der Waals surface area contributed by atoms with Gasteiger partial charge < -0.3 is 8.74 Å². The van der Waals surface area contributed by atoms with Crippen LogP contribution in [0.5, 0.6) is 5.75 Å². The Morgan fingerprint density at radius 2 is 1.45 bits per heavy atom. The van der Waals surface area contributed by atoms with Crippen molar-refractivity contribution >= 4 is 20.2 Å². The first-order valence-electron chi connectivity index (χ1n) is 6.24. The van der Waals surface area contributed by atoms with Gasteiger partial charge in [-0.3, -0.25) is 0 Å². The summed E-state index contributed by atoms with van der Waals surface area (Å²) in [7, 11) is -8.41. The Balaban J connectivity index is 2.22. The molecular weight excluding hydrogens is 328 g/mol. The SMILES string of the molecule is C[C@@H](c1ccc(OS(=O)(=O)c2ccccc2)cc1)S(=O)(=O)[O-]. The zero-order valence-electron chi connectivity index (χ0n) is 11.5. The fraction of sp³-hybridized carbons (Fsp3) is 0.143. The van der Waals surface area contributed by atoms with Gasteiger partial charge in [0.05, 0.1) is 5.25 Å². The van der Waals surface area contributed by atoms with Crippen molar-refractivity contribution in [1.82, 2.24) is 0 Å². The van der Waals surface area contributed by atoms with Crippen LogP contribution < -0.4 is 4.18 Å². The summed E-state index contributed by atoms with van der Waals surface area (Å²) in [5, 5.41) is -1.22. The van der Waals surface area contributed by atoms with E-state index in [4.69, 9.17) is 4.18 Å². The van der Waals surface area contributed by atoms with Crippen molar-refractivity contribution in [2.75, 3.05) is 0 Å². The van der Waals surface area contributed by atoms with Crippen LogP contribution in [0.15, 0.2) is 59.5 Å². The molecule has 0 radical (unpaired) electrons. The van der Waals surface area contributed by atoms with Gasteiger partial charge in [0.1, 0.15) is 20.8 Å². The maximum Gasteiger partial charge on any atom is 0.339 e. The first-order valence-corrected chi connectivity index (χ1v) is 9.12. The molecule has 0 aliphatic heterocycles. The summed E-state index contributed by atoms with van der Waals surface area (Å²) >= 11 is 0. The molecule has 0 spiro atoms. The number of rotatable bonds is 5. The van der Waals surface area contributed by atoms with Crippen LogP contribution in [0.4, 0.5) is 0 Å². The van der Waals surface area contributed by atoms with Crippen molar-refractivity contribution < 1.29 is 25.6 Å². The first kappa shape index (κ1) is 16.5. The monoisotopic (exact) mass is 341 g/mol. The topological polar surface area (TPSA) is 101 Å². The highest BCUT2D eigenvalue weighted by Crippen LogP contribution is 2.24. The Labute approximate surface area is 129 Å². The zero-order valence-corrected chi connectivity index (χ0v) is 13.2.